The lowest BCUT2D eigenvalue weighted by Crippen LogP contribution is -2.40. The van der Waals surface area contributed by atoms with Gasteiger partial charge in [0, 0.05) is 6.54 Å². The third-order valence-corrected chi connectivity index (χ3v) is 3.29. The van der Waals surface area contributed by atoms with Gasteiger partial charge in [-0.2, -0.15) is 13.2 Å². The molecule has 1 atom stereocenters. The number of alkyl halides is 3. The monoisotopic (exact) mass is 391 g/mol. The molecular weight excluding hydrogens is 383 g/mol. The molecule has 1 rings (SSSR count). The first-order chi connectivity index (χ1) is 8.29. The zero-order valence-corrected chi connectivity index (χ0v) is 12.4. The predicted molar refractivity (Wildman–Crippen MR) is 67.9 cm³/mol. The lowest BCUT2D eigenvalue weighted by atomic mass is 10.3. The van der Waals surface area contributed by atoms with E-state index in [4.69, 9.17) is 15.2 Å². The maximum atomic E-state index is 12.5. The van der Waals surface area contributed by atoms with E-state index in [1.807, 2.05) is 0 Å². The Labute approximate surface area is 119 Å². The van der Waals surface area contributed by atoms with Crippen LogP contribution in [0.15, 0.2) is 21.1 Å². The Hall–Kier alpha value is -0.470. The highest BCUT2D eigenvalue weighted by Crippen LogP contribution is 2.37. The second-order valence-electron chi connectivity index (χ2n) is 3.30. The molecule has 0 radical (unpaired) electrons. The molecule has 1 aromatic rings. The number of methoxy groups -OCH3 is 1. The molecule has 0 fully saturated rings. The first kappa shape index (κ1) is 15.6. The van der Waals surface area contributed by atoms with Crippen molar-refractivity contribution in [2.75, 3.05) is 13.7 Å². The SMILES string of the molecule is COc1cc(Br)c(OC(CN)C(F)(F)F)cc1Br. The molecule has 0 aliphatic carbocycles. The van der Waals surface area contributed by atoms with Gasteiger partial charge in [0.05, 0.1) is 16.1 Å². The largest absolute Gasteiger partial charge is 0.496 e. The van der Waals surface area contributed by atoms with Gasteiger partial charge in [0.25, 0.3) is 0 Å². The van der Waals surface area contributed by atoms with Gasteiger partial charge in [-0.05, 0) is 44.0 Å². The molecule has 3 nitrogen and oxygen atoms in total. The zero-order chi connectivity index (χ0) is 13.9. The van der Waals surface area contributed by atoms with Crippen LogP contribution in [0.25, 0.3) is 0 Å². The van der Waals surface area contributed by atoms with Crippen molar-refractivity contribution < 1.29 is 22.6 Å². The molecule has 0 amide bonds. The van der Waals surface area contributed by atoms with Crippen molar-refractivity contribution >= 4 is 31.9 Å². The molecular formula is C10H10Br2F3NO2. The van der Waals surface area contributed by atoms with Crippen molar-refractivity contribution in [1.82, 2.24) is 0 Å². The van der Waals surface area contributed by atoms with Gasteiger partial charge in [-0.15, -0.1) is 0 Å². The van der Waals surface area contributed by atoms with E-state index < -0.39 is 18.8 Å². The number of halogens is 5. The summed E-state index contributed by atoms with van der Waals surface area (Å²) in [4.78, 5) is 0. The van der Waals surface area contributed by atoms with Crippen LogP contribution in [0.2, 0.25) is 0 Å². The summed E-state index contributed by atoms with van der Waals surface area (Å²) >= 11 is 6.28. The number of ether oxygens (including phenoxy) is 2. The molecule has 0 aliphatic rings. The van der Waals surface area contributed by atoms with Crippen LogP contribution in [-0.4, -0.2) is 25.9 Å². The summed E-state index contributed by atoms with van der Waals surface area (Å²) in [7, 11) is 1.45. The average Bonchev–Trinajstić information content (AvgIpc) is 2.27. The van der Waals surface area contributed by atoms with Gasteiger partial charge in [-0.3, -0.25) is 0 Å². The highest BCUT2D eigenvalue weighted by atomic mass is 79.9. The van der Waals surface area contributed by atoms with E-state index in [2.05, 4.69) is 31.9 Å². The molecule has 0 spiro atoms. The minimum Gasteiger partial charge on any atom is -0.496 e. The van der Waals surface area contributed by atoms with Crippen molar-refractivity contribution in [3.63, 3.8) is 0 Å². The molecule has 0 saturated heterocycles. The standard InChI is InChI=1S/C10H10Br2F3NO2/c1-17-7-2-6(12)8(3-5(7)11)18-9(4-16)10(13,14)15/h2-3,9H,4,16H2,1H3. The van der Waals surface area contributed by atoms with E-state index in [9.17, 15) is 13.2 Å². The van der Waals surface area contributed by atoms with Gasteiger partial charge >= 0.3 is 6.18 Å². The van der Waals surface area contributed by atoms with Crippen molar-refractivity contribution in [3.8, 4) is 11.5 Å². The van der Waals surface area contributed by atoms with E-state index in [0.717, 1.165) is 0 Å². The van der Waals surface area contributed by atoms with Crippen molar-refractivity contribution in [2.24, 2.45) is 5.73 Å². The van der Waals surface area contributed by atoms with E-state index >= 15 is 0 Å². The molecule has 18 heavy (non-hydrogen) atoms. The van der Waals surface area contributed by atoms with Gasteiger partial charge in [0.15, 0.2) is 0 Å². The Balaban J connectivity index is 3.01. The van der Waals surface area contributed by atoms with Crippen LogP contribution in [0.5, 0.6) is 11.5 Å². The number of nitrogens with two attached hydrogens (primary N) is 1. The van der Waals surface area contributed by atoms with Gasteiger partial charge in [0.2, 0.25) is 6.10 Å². The molecule has 2 N–H and O–H groups in total. The molecule has 0 saturated carbocycles. The predicted octanol–water partition coefficient (Wildman–Crippen LogP) is 3.49. The summed E-state index contributed by atoms with van der Waals surface area (Å²) < 4.78 is 48.3. The van der Waals surface area contributed by atoms with E-state index in [-0.39, 0.29) is 5.75 Å². The maximum Gasteiger partial charge on any atom is 0.426 e. The topological polar surface area (TPSA) is 44.5 Å². The Kier molecular flexibility index (Phi) is 5.30. The third-order valence-electron chi connectivity index (χ3n) is 2.05. The lowest BCUT2D eigenvalue weighted by Gasteiger charge is -2.21. The molecule has 102 valence electrons. The summed E-state index contributed by atoms with van der Waals surface area (Å²) in [5, 5.41) is 0. The van der Waals surface area contributed by atoms with Crippen LogP contribution in [-0.2, 0) is 0 Å². The molecule has 1 aromatic carbocycles. The van der Waals surface area contributed by atoms with Crippen molar-refractivity contribution in [2.45, 2.75) is 12.3 Å². The number of hydrogen-bond acceptors (Lipinski definition) is 3. The zero-order valence-electron chi connectivity index (χ0n) is 9.22. The van der Waals surface area contributed by atoms with Gasteiger partial charge in [0.1, 0.15) is 11.5 Å². The summed E-state index contributed by atoms with van der Waals surface area (Å²) in [6.45, 7) is -0.653. The summed E-state index contributed by atoms with van der Waals surface area (Å²) in [5.41, 5.74) is 5.05. The van der Waals surface area contributed by atoms with Crippen LogP contribution in [0, 0.1) is 0 Å². The molecule has 1 unspecified atom stereocenters. The van der Waals surface area contributed by atoms with Gasteiger partial charge < -0.3 is 15.2 Å². The molecule has 0 bridgehead atoms. The highest BCUT2D eigenvalue weighted by molar-refractivity contribution is 9.11. The number of rotatable bonds is 4. The number of hydrogen-bond donors (Lipinski definition) is 1. The molecule has 0 heterocycles. The minimum absolute atomic E-state index is 0.0375. The average molecular weight is 393 g/mol. The van der Waals surface area contributed by atoms with E-state index in [1.54, 1.807) is 0 Å². The van der Waals surface area contributed by atoms with Gasteiger partial charge in [-0.1, -0.05) is 0 Å². The fourth-order valence-electron chi connectivity index (χ4n) is 1.16. The van der Waals surface area contributed by atoms with Crippen molar-refractivity contribution in [1.29, 1.82) is 0 Å². The Morgan fingerprint density at radius 3 is 2.17 bits per heavy atom. The Morgan fingerprint density at radius 2 is 1.72 bits per heavy atom. The molecule has 0 aromatic heterocycles. The Morgan fingerprint density at radius 1 is 1.22 bits per heavy atom. The fraction of sp³-hybridized carbons (Fsp3) is 0.400. The minimum atomic E-state index is -4.51. The number of benzene rings is 1. The smallest absolute Gasteiger partial charge is 0.426 e. The lowest BCUT2D eigenvalue weighted by molar-refractivity contribution is -0.191. The summed E-state index contributed by atoms with van der Waals surface area (Å²) in [6.07, 6.45) is -6.56. The van der Waals surface area contributed by atoms with Crippen LogP contribution in [0.1, 0.15) is 0 Å². The van der Waals surface area contributed by atoms with Gasteiger partial charge in [-0.25, -0.2) is 0 Å². The fourth-order valence-corrected chi connectivity index (χ4v) is 2.06. The van der Waals surface area contributed by atoms with Crippen LogP contribution < -0.4 is 15.2 Å². The third kappa shape index (κ3) is 3.76. The first-order valence-electron chi connectivity index (χ1n) is 4.76. The maximum absolute atomic E-state index is 12.5. The quantitative estimate of drug-likeness (QED) is 0.852. The van der Waals surface area contributed by atoms with Crippen LogP contribution >= 0.6 is 31.9 Å². The van der Waals surface area contributed by atoms with Crippen LogP contribution in [0.3, 0.4) is 0 Å². The summed E-state index contributed by atoms with van der Waals surface area (Å²) in [6, 6.07) is 2.89. The highest BCUT2D eigenvalue weighted by Gasteiger charge is 2.41. The Bertz CT molecular complexity index is 426. The molecule has 8 heteroatoms. The first-order valence-corrected chi connectivity index (χ1v) is 6.34. The molecule has 0 aliphatic heterocycles. The normalized spacial score (nSPS) is 13.3. The summed E-state index contributed by atoms with van der Waals surface area (Å²) in [5.74, 6) is 0.515. The van der Waals surface area contributed by atoms with E-state index in [0.29, 0.717) is 14.7 Å². The van der Waals surface area contributed by atoms with Crippen LogP contribution in [0.4, 0.5) is 13.2 Å². The second-order valence-corrected chi connectivity index (χ2v) is 5.01. The second kappa shape index (κ2) is 6.12. The van der Waals surface area contributed by atoms with Crippen molar-refractivity contribution in [3.05, 3.63) is 21.1 Å². The van der Waals surface area contributed by atoms with E-state index in [1.165, 1.54) is 19.2 Å².